The molecule has 3 aromatic heterocycles. The first-order valence-electron chi connectivity index (χ1n) is 7.64. The molecule has 0 aliphatic carbocycles. The number of hydrogen-bond acceptors (Lipinski definition) is 6. The van der Waals surface area contributed by atoms with Crippen molar-refractivity contribution in [3.05, 3.63) is 52.7 Å². The smallest absolute Gasteiger partial charge is 0.436 e. The van der Waals surface area contributed by atoms with Gasteiger partial charge in [0, 0.05) is 6.20 Å². The van der Waals surface area contributed by atoms with Crippen molar-refractivity contribution in [3.63, 3.8) is 0 Å². The number of hydrogen-bond donors (Lipinski definition) is 0. The van der Waals surface area contributed by atoms with Crippen LogP contribution in [0.1, 0.15) is 28.8 Å². The SMILES string of the molecule is CCOC(=O)c1cc(Cn2cc(C(F)(F)F)nn2)nn1-c1ncccc1Cl. The molecule has 0 aromatic carbocycles. The molecule has 0 amide bonds. The second kappa shape index (κ2) is 7.35. The third kappa shape index (κ3) is 4.08. The van der Waals surface area contributed by atoms with Gasteiger partial charge in [-0.05, 0) is 25.1 Å². The minimum absolute atomic E-state index is 0.0311. The molecule has 27 heavy (non-hydrogen) atoms. The lowest BCUT2D eigenvalue weighted by Crippen LogP contribution is -2.13. The Hall–Kier alpha value is -2.95. The lowest BCUT2D eigenvalue weighted by Gasteiger charge is -2.07. The van der Waals surface area contributed by atoms with Crippen molar-refractivity contribution in [2.24, 2.45) is 0 Å². The van der Waals surface area contributed by atoms with Gasteiger partial charge in [-0.25, -0.2) is 19.1 Å². The fourth-order valence-electron chi connectivity index (χ4n) is 2.22. The second-order valence-corrected chi connectivity index (χ2v) is 5.67. The van der Waals surface area contributed by atoms with Crippen LogP contribution >= 0.6 is 11.6 Å². The molecule has 0 spiro atoms. The minimum Gasteiger partial charge on any atom is -0.461 e. The van der Waals surface area contributed by atoms with E-state index in [4.69, 9.17) is 16.3 Å². The Morgan fingerprint density at radius 2 is 2.15 bits per heavy atom. The van der Waals surface area contributed by atoms with Gasteiger partial charge in [0.1, 0.15) is 0 Å². The van der Waals surface area contributed by atoms with Crippen molar-refractivity contribution in [1.82, 2.24) is 29.8 Å². The molecule has 0 radical (unpaired) electrons. The number of halogens is 4. The Labute approximate surface area is 155 Å². The highest BCUT2D eigenvalue weighted by Gasteiger charge is 2.34. The molecule has 0 aliphatic heterocycles. The average Bonchev–Trinajstić information content (AvgIpc) is 3.23. The van der Waals surface area contributed by atoms with E-state index < -0.39 is 17.8 Å². The summed E-state index contributed by atoms with van der Waals surface area (Å²) in [5, 5.41) is 11.0. The van der Waals surface area contributed by atoms with Crippen molar-refractivity contribution < 1.29 is 22.7 Å². The van der Waals surface area contributed by atoms with Gasteiger partial charge in [0.2, 0.25) is 0 Å². The summed E-state index contributed by atoms with van der Waals surface area (Å²) in [5.41, 5.74) is -0.845. The summed E-state index contributed by atoms with van der Waals surface area (Å²) in [7, 11) is 0. The highest BCUT2D eigenvalue weighted by Crippen LogP contribution is 2.27. The van der Waals surface area contributed by atoms with Crippen LogP contribution in [0.15, 0.2) is 30.6 Å². The maximum Gasteiger partial charge on any atom is 0.436 e. The van der Waals surface area contributed by atoms with Crippen LogP contribution in [0.25, 0.3) is 5.82 Å². The Morgan fingerprint density at radius 1 is 1.37 bits per heavy atom. The first kappa shape index (κ1) is 18.8. The van der Waals surface area contributed by atoms with Gasteiger partial charge in [-0.15, -0.1) is 5.10 Å². The molecule has 0 saturated carbocycles. The molecular weight excluding hydrogens is 389 g/mol. The molecule has 0 bridgehead atoms. The van der Waals surface area contributed by atoms with Crippen LogP contribution in [0.4, 0.5) is 13.2 Å². The number of pyridine rings is 1. The third-order valence-corrected chi connectivity index (χ3v) is 3.63. The van der Waals surface area contributed by atoms with Crippen molar-refractivity contribution in [2.45, 2.75) is 19.6 Å². The zero-order chi connectivity index (χ0) is 19.6. The Bertz CT molecular complexity index is 969. The molecule has 0 fully saturated rings. The van der Waals surface area contributed by atoms with Gasteiger partial charge >= 0.3 is 12.1 Å². The minimum atomic E-state index is -4.60. The number of alkyl halides is 3. The van der Waals surface area contributed by atoms with Gasteiger partial charge in [-0.3, -0.25) is 0 Å². The Balaban J connectivity index is 1.97. The van der Waals surface area contributed by atoms with Crippen molar-refractivity contribution >= 4 is 17.6 Å². The number of aromatic nitrogens is 6. The van der Waals surface area contributed by atoms with Gasteiger partial charge in [-0.1, -0.05) is 16.8 Å². The molecule has 142 valence electrons. The van der Waals surface area contributed by atoms with Gasteiger partial charge in [0.15, 0.2) is 17.2 Å². The number of nitrogens with zero attached hydrogens (tertiary/aromatic N) is 6. The van der Waals surface area contributed by atoms with E-state index in [0.29, 0.717) is 0 Å². The molecule has 0 unspecified atom stereocenters. The van der Waals surface area contributed by atoms with Crippen LogP contribution in [0, 0.1) is 0 Å². The van der Waals surface area contributed by atoms with Gasteiger partial charge < -0.3 is 4.74 Å². The summed E-state index contributed by atoms with van der Waals surface area (Å²) >= 11 is 6.11. The predicted octanol–water partition coefficient (Wildman–Crippen LogP) is 2.76. The molecule has 3 rings (SSSR count). The normalized spacial score (nSPS) is 11.6. The van der Waals surface area contributed by atoms with E-state index in [1.54, 1.807) is 19.1 Å². The highest BCUT2D eigenvalue weighted by atomic mass is 35.5. The maximum absolute atomic E-state index is 12.6. The third-order valence-electron chi connectivity index (χ3n) is 3.34. The summed E-state index contributed by atoms with van der Waals surface area (Å²) in [6, 6.07) is 4.54. The quantitative estimate of drug-likeness (QED) is 0.612. The monoisotopic (exact) mass is 400 g/mol. The topological polar surface area (TPSA) is 87.7 Å². The zero-order valence-electron chi connectivity index (χ0n) is 13.8. The number of carbonyl (C=O) groups excluding carboxylic acids is 1. The Morgan fingerprint density at radius 3 is 2.78 bits per heavy atom. The van der Waals surface area contributed by atoms with Crippen LogP contribution in [0.5, 0.6) is 0 Å². The molecule has 3 aromatic rings. The molecule has 0 saturated heterocycles. The summed E-state index contributed by atoms with van der Waals surface area (Å²) in [6.45, 7) is 1.63. The molecule has 12 heteroatoms. The molecule has 3 heterocycles. The van der Waals surface area contributed by atoms with E-state index in [-0.39, 0.29) is 35.4 Å². The zero-order valence-corrected chi connectivity index (χ0v) is 14.6. The van der Waals surface area contributed by atoms with Crippen molar-refractivity contribution in [1.29, 1.82) is 0 Å². The van der Waals surface area contributed by atoms with Crippen molar-refractivity contribution in [2.75, 3.05) is 6.61 Å². The molecule has 0 aliphatic rings. The summed E-state index contributed by atoms with van der Waals surface area (Å²) < 4.78 is 45.1. The Kier molecular flexibility index (Phi) is 5.13. The fourth-order valence-corrected chi connectivity index (χ4v) is 2.43. The van der Waals surface area contributed by atoms with E-state index in [2.05, 4.69) is 20.4 Å². The van der Waals surface area contributed by atoms with Crippen LogP contribution in [-0.2, 0) is 17.5 Å². The molecule has 0 atom stereocenters. The fraction of sp³-hybridized carbons (Fsp3) is 0.267. The van der Waals surface area contributed by atoms with E-state index in [1.807, 2.05) is 0 Å². The molecular formula is C15H12ClF3N6O2. The largest absolute Gasteiger partial charge is 0.461 e. The van der Waals surface area contributed by atoms with Gasteiger partial charge in [0.25, 0.3) is 0 Å². The van der Waals surface area contributed by atoms with E-state index in [0.717, 1.165) is 10.9 Å². The lowest BCUT2D eigenvalue weighted by molar-refractivity contribution is -0.141. The van der Waals surface area contributed by atoms with Crippen LogP contribution in [0.3, 0.4) is 0 Å². The van der Waals surface area contributed by atoms with E-state index in [1.165, 1.54) is 16.9 Å². The number of rotatable bonds is 5. The summed E-state index contributed by atoms with van der Waals surface area (Å²) in [6.07, 6.45) is -2.39. The van der Waals surface area contributed by atoms with Crippen LogP contribution in [0.2, 0.25) is 5.02 Å². The van der Waals surface area contributed by atoms with Crippen LogP contribution < -0.4 is 0 Å². The number of ether oxygens (including phenoxy) is 1. The molecule has 0 N–H and O–H groups in total. The summed E-state index contributed by atoms with van der Waals surface area (Å²) in [4.78, 5) is 16.3. The van der Waals surface area contributed by atoms with Gasteiger partial charge in [-0.2, -0.15) is 18.3 Å². The standard InChI is InChI=1S/C15H12ClF3N6O2/c1-2-27-14(26)11-6-9(7-24-8-12(21-23-24)15(17,18)19)22-25(11)13-10(16)4-3-5-20-13/h3-6,8H,2,7H2,1H3. The maximum atomic E-state index is 12.6. The first-order chi connectivity index (χ1) is 12.8. The van der Waals surface area contributed by atoms with Crippen LogP contribution in [-0.4, -0.2) is 42.3 Å². The highest BCUT2D eigenvalue weighted by molar-refractivity contribution is 6.32. The van der Waals surface area contributed by atoms with E-state index in [9.17, 15) is 18.0 Å². The van der Waals surface area contributed by atoms with E-state index >= 15 is 0 Å². The number of esters is 1. The predicted molar refractivity (Wildman–Crippen MR) is 86.5 cm³/mol. The number of carbonyl (C=O) groups is 1. The second-order valence-electron chi connectivity index (χ2n) is 5.26. The molecule has 8 nitrogen and oxygen atoms in total. The summed E-state index contributed by atoms with van der Waals surface area (Å²) in [5.74, 6) is -0.490. The lowest BCUT2D eigenvalue weighted by atomic mass is 10.3. The first-order valence-corrected chi connectivity index (χ1v) is 8.01. The van der Waals surface area contributed by atoms with Crippen molar-refractivity contribution in [3.8, 4) is 5.82 Å². The average molecular weight is 401 g/mol. The van der Waals surface area contributed by atoms with Gasteiger partial charge in [0.05, 0.1) is 30.1 Å².